The summed E-state index contributed by atoms with van der Waals surface area (Å²) in [6.45, 7) is 4.53. The van der Waals surface area contributed by atoms with Gasteiger partial charge in [-0.05, 0) is 19.4 Å². The Morgan fingerprint density at radius 1 is 1.33 bits per heavy atom. The van der Waals surface area contributed by atoms with Crippen LogP contribution in [0.15, 0.2) is 30.3 Å². The minimum absolute atomic E-state index is 0.137. The van der Waals surface area contributed by atoms with Gasteiger partial charge in [0.1, 0.15) is 0 Å². The second kappa shape index (κ2) is 5.39. The third-order valence-corrected chi connectivity index (χ3v) is 2.23. The molecule has 0 saturated carbocycles. The summed E-state index contributed by atoms with van der Waals surface area (Å²) in [6.07, 6.45) is -0.283. The van der Waals surface area contributed by atoms with E-state index >= 15 is 0 Å². The van der Waals surface area contributed by atoms with E-state index in [0.717, 1.165) is 5.56 Å². The number of amides is 1. The van der Waals surface area contributed by atoms with E-state index in [1.54, 1.807) is 4.90 Å². The van der Waals surface area contributed by atoms with Crippen molar-refractivity contribution in [3.8, 4) is 0 Å². The van der Waals surface area contributed by atoms with E-state index in [9.17, 15) is 4.79 Å². The van der Waals surface area contributed by atoms with Gasteiger partial charge in [-0.1, -0.05) is 30.3 Å². The molecule has 1 aromatic rings. The van der Waals surface area contributed by atoms with Crippen molar-refractivity contribution in [3.63, 3.8) is 0 Å². The summed E-state index contributed by atoms with van der Waals surface area (Å²) in [7, 11) is 1.41. The Labute approximate surface area is 90.7 Å². The Bertz CT molecular complexity index is 309. The SMILES string of the molecule is CO[11C](=O)N(Cc1ccccc1)C(C)C. The summed E-state index contributed by atoms with van der Waals surface area (Å²) in [5, 5.41) is 0. The predicted octanol–water partition coefficient (Wildman–Crippen LogP) is 2.66. The largest absolute Gasteiger partial charge is 0.453 e. The lowest BCUT2D eigenvalue weighted by atomic mass is 10.1. The topological polar surface area (TPSA) is 29.5 Å². The van der Waals surface area contributed by atoms with E-state index < -0.39 is 0 Å². The Morgan fingerprint density at radius 2 is 1.93 bits per heavy atom. The van der Waals surface area contributed by atoms with Crippen molar-refractivity contribution >= 4 is 6.09 Å². The highest BCUT2D eigenvalue weighted by Crippen LogP contribution is 2.09. The molecule has 0 radical (unpaired) electrons. The summed E-state index contributed by atoms with van der Waals surface area (Å²) in [5.41, 5.74) is 1.11. The molecule has 1 amide bonds. The van der Waals surface area contributed by atoms with E-state index in [2.05, 4.69) is 0 Å². The first-order valence-corrected chi connectivity index (χ1v) is 5.03. The van der Waals surface area contributed by atoms with Crippen LogP contribution in [0.1, 0.15) is 19.4 Å². The van der Waals surface area contributed by atoms with Gasteiger partial charge >= 0.3 is 6.09 Å². The number of carbonyl (C=O) groups excluding carboxylic acids is 1. The Hall–Kier alpha value is -1.51. The lowest BCUT2D eigenvalue weighted by Gasteiger charge is -2.25. The number of ether oxygens (including phenoxy) is 1. The van der Waals surface area contributed by atoms with Crippen molar-refractivity contribution in [1.29, 1.82) is 0 Å². The normalized spacial score (nSPS) is 10.1. The van der Waals surface area contributed by atoms with Crippen molar-refractivity contribution in [2.24, 2.45) is 0 Å². The molecule has 0 spiro atoms. The van der Waals surface area contributed by atoms with Crippen LogP contribution in [0.4, 0.5) is 4.79 Å². The zero-order chi connectivity index (χ0) is 11.3. The summed E-state index contributed by atoms with van der Waals surface area (Å²) in [5.74, 6) is 0. The number of hydrogen-bond acceptors (Lipinski definition) is 2. The highest BCUT2D eigenvalue weighted by atomic mass is 16.5. The van der Waals surface area contributed by atoms with Crippen LogP contribution in [0, 0.1) is 0 Å². The first kappa shape index (κ1) is 11.6. The first-order chi connectivity index (χ1) is 7.15. The molecule has 0 aliphatic carbocycles. The van der Waals surface area contributed by atoms with E-state index in [4.69, 9.17) is 4.74 Å². The molecular weight excluding hydrogens is 189 g/mol. The van der Waals surface area contributed by atoms with Gasteiger partial charge in [-0.15, -0.1) is 0 Å². The van der Waals surface area contributed by atoms with Gasteiger partial charge in [-0.25, -0.2) is 4.79 Å². The molecular formula is C12H17NO2. The quantitative estimate of drug-likeness (QED) is 0.761. The van der Waals surface area contributed by atoms with Crippen LogP contribution < -0.4 is 0 Å². The molecule has 15 heavy (non-hydrogen) atoms. The standard InChI is InChI=1S/C12H17NO2/c1-10(2)13(12(14)15-3)9-11-7-5-4-6-8-11/h4-8,10H,9H2,1-3H3/i12-1. The molecule has 1 rings (SSSR count). The van der Waals surface area contributed by atoms with Crippen molar-refractivity contribution in [2.45, 2.75) is 26.4 Å². The number of benzene rings is 1. The van der Waals surface area contributed by atoms with Gasteiger partial charge in [0.2, 0.25) is 0 Å². The fourth-order valence-corrected chi connectivity index (χ4v) is 1.36. The Balaban J connectivity index is 2.72. The monoisotopic (exact) mass is 206 g/mol. The highest BCUT2D eigenvalue weighted by molar-refractivity contribution is 5.67. The van der Waals surface area contributed by atoms with Crippen LogP contribution in [0.5, 0.6) is 0 Å². The zero-order valence-corrected chi connectivity index (χ0v) is 9.43. The van der Waals surface area contributed by atoms with Crippen LogP contribution in [0.25, 0.3) is 0 Å². The Kier molecular flexibility index (Phi) is 4.16. The molecule has 0 bridgehead atoms. The molecule has 0 heterocycles. The lowest BCUT2D eigenvalue weighted by Crippen LogP contribution is -2.36. The summed E-state index contributed by atoms with van der Waals surface area (Å²) in [6, 6.07) is 10.0. The molecule has 0 saturated heterocycles. The van der Waals surface area contributed by atoms with Crippen molar-refractivity contribution in [2.75, 3.05) is 7.11 Å². The molecule has 0 unspecified atom stereocenters. The van der Waals surface area contributed by atoms with E-state index in [-0.39, 0.29) is 12.1 Å². The van der Waals surface area contributed by atoms with Crippen LogP contribution in [0.3, 0.4) is 0 Å². The minimum Gasteiger partial charge on any atom is -0.453 e. The average molecular weight is 206 g/mol. The van der Waals surface area contributed by atoms with Crippen LogP contribution >= 0.6 is 0 Å². The average Bonchev–Trinajstić information content (AvgIpc) is 2.26. The summed E-state index contributed by atoms with van der Waals surface area (Å²) < 4.78 is 4.73. The van der Waals surface area contributed by atoms with Crippen LogP contribution in [-0.2, 0) is 11.3 Å². The highest BCUT2D eigenvalue weighted by Gasteiger charge is 2.17. The van der Waals surface area contributed by atoms with Crippen molar-refractivity contribution in [1.82, 2.24) is 4.90 Å². The third-order valence-electron chi connectivity index (χ3n) is 2.23. The van der Waals surface area contributed by atoms with Crippen LogP contribution in [-0.4, -0.2) is 24.1 Å². The molecule has 1 aromatic carbocycles. The smallest absolute Gasteiger partial charge is 0.410 e. The number of rotatable bonds is 3. The van der Waals surface area contributed by atoms with Crippen molar-refractivity contribution < 1.29 is 9.53 Å². The fourth-order valence-electron chi connectivity index (χ4n) is 1.36. The minimum atomic E-state index is -0.283. The first-order valence-electron chi connectivity index (χ1n) is 5.03. The van der Waals surface area contributed by atoms with Crippen molar-refractivity contribution in [3.05, 3.63) is 35.9 Å². The van der Waals surface area contributed by atoms with Gasteiger partial charge in [-0.3, -0.25) is 0 Å². The molecule has 0 fully saturated rings. The molecule has 0 aliphatic rings. The zero-order valence-electron chi connectivity index (χ0n) is 9.43. The Morgan fingerprint density at radius 3 is 2.40 bits per heavy atom. The van der Waals surface area contributed by atoms with E-state index in [1.807, 2.05) is 44.2 Å². The van der Waals surface area contributed by atoms with Gasteiger partial charge in [0.25, 0.3) is 0 Å². The predicted molar refractivity (Wildman–Crippen MR) is 59.5 cm³/mol. The molecule has 3 heteroatoms. The van der Waals surface area contributed by atoms with Gasteiger partial charge in [0, 0.05) is 12.6 Å². The third kappa shape index (κ3) is 3.27. The number of methoxy groups -OCH3 is 1. The molecule has 3 nitrogen and oxygen atoms in total. The van der Waals surface area contributed by atoms with Crippen LogP contribution in [0.2, 0.25) is 0 Å². The van der Waals surface area contributed by atoms with Gasteiger partial charge in [0.05, 0.1) is 7.11 Å². The molecule has 82 valence electrons. The van der Waals surface area contributed by atoms with E-state index in [1.165, 1.54) is 7.11 Å². The molecule has 0 aliphatic heterocycles. The van der Waals surface area contributed by atoms with E-state index in [0.29, 0.717) is 6.54 Å². The maximum absolute atomic E-state index is 11.5. The lowest BCUT2D eigenvalue weighted by molar-refractivity contribution is 0.108. The van der Waals surface area contributed by atoms with Gasteiger partial charge in [0.15, 0.2) is 0 Å². The van der Waals surface area contributed by atoms with Gasteiger partial charge < -0.3 is 9.64 Å². The summed E-state index contributed by atoms with van der Waals surface area (Å²) in [4.78, 5) is 13.2. The maximum Gasteiger partial charge on any atom is 0.410 e. The second-order valence-electron chi connectivity index (χ2n) is 3.68. The molecule has 0 aromatic heterocycles. The molecule has 0 atom stereocenters. The van der Waals surface area contributed by atoms with Gasteiger partial charge in [-0.2, -0.15) is 0 Å². The molecule has 0 N–H and O–H groups in total. The summed E-state index contributed by atoms with van der Waals surface area (Å²) >= 11 is 0. The maximum atomic E-state index is 11.5. The number of hydrogen-bond donors (Lipinski definition) is 0. The number of nitrogens with zero attached hydrogens (tertiary/aromatic N) is 1. The second-order valence-corrected chi connectivity index (χ2v) is 3.68. The number of carbonyl (C=O) groups is 1. The fraction of sp³-hybridized carbons (Fsp3) is 0.417.